The van der Waals surface area contributed by atoms with Crippen molar-refractivity contribution in [3.8, 4) is 5.75 Å². The largest absolute Gasteiger partial charge is 0.489 e. The average molecular weight is 485 g/mol. The number of ether oxygens (including phenoxy) is 1. The van der Waals surface area contributed by atoms with Crippen molar-refractivity contribution in [1.29, 1.82) is 0 Å². The smallest absolute Gasteiger partial charge is 0.255 e. The van der Waals surface area contributed by atoms with E-state index in [4.69, 9.17) is 4.74 Å². The monoisotopic (exact) mass is 484 g/mol. The van der Waals surface area contributed by atoms with Gasteiger partial charge in [0, 0.05) is 49.7 Å². The molecule has 1 unspecified atom stereocenters. The number of carbonyl (C=O) groups is 3. The molecule has 3 aliphatic heterocycles. The van der Waals surface area contributed by atoms with E-state index in [1.54, 1.807) is 11.0 Å². The first-order valence-corrected chi connectivity index (χ1v) is 12.5. The van der Waals surface area contributed by atoms with Crippen molar-refractivity contribution in [1.82, 2.24) is 20.1 Å². The summed E-state index contributed by atoms with van der Waals surface area (Å²) in [5.41, 5.74) is 4.90. The Morgan fingerprint density at radius 1 is 1.11 bits per heavy atom. The minimum atomic E-state index is -0.608. The molecule has 2 saturated heterocycles. The standard InChI is InChI=1S/C28H28N4O4/c1-17-3-2-4-24-23(17)11-18(13-29-24)14-31-10-9-21(16-31)36-20-5-6-22-19(12-20)15-32(28(22)35)25-7-8-26(33)30-27(25)34/h2-6,11-13,21,25H,7-10,14-16H2,1H3,(H,30,33,34)/t21-,25?/m0/s1. The molecule has 3 aliphatic rings. The van der Waals surface area contributed by atoms with E-state index >= 15 is 0 Å². The van der Waals surface area contributed by atoms with Gasteiger partial charge in [0.2, 0.25) is 11.8 Å². The molecule has 1 aromatic heterocycles. The van der Waals surface area contributed by atoms with Gasteiger partial charge < -0.3 is 9.64 Å². The number of nitrogens with one attached hydrogen (secondary N) is 1. The molecular formula is C28H28N4O4. The molecule has 0 aliphatic carbocycles. The predicted molar refractivity (Wildman–Crippen MR) is 133 cm³/mol. The lowest BCUT2D eigenvalue weighted by atomic mass is 10.0. The Balaban J connectivity index is 1.09. The number of likely N-dealkylation sites (tertiary alicyclic amines) is 1. The third-order valence-corrected chi connectivity index (χ3v) is 7.43. The first-order chi connectivity index (χ1) is 17.4. The minimum Gasteiger partial charge on any atom is -0.489 e. The topological polar surface area (TPSA) is 91.8 Å². The second-order valence-electron chi connectivity index (χ2n) is 9.97. The highest BCUT2D eigenvalue weighted by Gasteiger charge is 2.39. The van der Waals surface area contributed by atoms with Gasteiger partial charge >= 0.3 is 0 Å². The molecule has 0 spiro atoms. The molecular weight excluding hydrogens is 456 g/mol. The first-order valence-electron chi connectivity index (χ1n) is 12.5. The molecule has 8 nitrogen and oxygen atoms in total. The maximum absolute atomic E-state index is 12.9. The van der Waals surface area contributed by atoms with Crippen LogP contribution >= 0.6 is 0 Å². The number of aromatic nitrogens is 1. The van der Waals surface area contributed by atoms with Crippen LogP contribution in [0.4, 0.5) is 0 Å². The molecule has 36 heavy (non-hydrogen) atoms. The summed E-state index contributed by atoms with van der Waals surface area (Å²) < 4.78 is 6.30. The molecule has 184 valence electrons. The Bertz CT molecular complexity index is 1390. The van der Waals surface area contributed by atoms with Gasteiger partial charge in [-0.15, -0.1) is 0 Å². The van der Waals surface area contributed by atoms with Gasteiger partial charge in [-0.25, -0.2) is 0 Å². The summed E-state index contributed by atoms with van der Waals surface area (Å²) >= 11 is 0. The number of carbonyl (C=O) groups excluding carboxylic acids is 3. The van der Waals surface area contributed by atoms with Crippen molar-refractivity contribution in [2.75, 3.05) is 13.1 Å². The number of piperidine rings is 1. The van der Waals surface area contributed by atoms with Crippen LogP contribution in [0.5, 0.6) is 5.75 Å². The molecule has 3 amide bonds. The fraction of sp³-hybridized carbons (Fsp3) is 0.357. The number of rotatable bonds is 5. The second-order valence-corrected chi connectivity index (χ2v) is 9.97. The number of amides is 3. The summed E-state index contributed by atoms with van der Waals surface area (Å²) in [5, 5.41) is 3.54. The molecule has 1 N–H and O–H groups in total. The number of fused-ring (bicyclic) bond motifs is 2. The van der Waals surface area contributed by atoms with Gasteiger partial charge in [0.25, 0.3) is 5.91 Å². The van der Waals surface area contributed by atoms with Crippen molar-refractivity contribution in [3.63, 3.8) is 0 Å². The van der Waals surface area contributed by atoms with Crippen LogP contribution < -0.4 is 10.1 Å². The number of hydrogen-bond acceptors (Lipinski definition) is 6. The summed E-state index contributed by atoms with van der Waals surface area (Å²) in [4.78, 5) is 45.2. The van der Waals surface area contributed by atoms with Gasteiger partial charge in [-0.1, -0.05) is 12.1 Å². The third-order valence-electron chi connectivity index (χ3n) is 7.43. The van der Waals surface area contributed by atoms with Gasteiger partial charge in [-0.05, 0) is 66.8 Å². The number of aryl methyl sites for hydroxylation is 1. The summed E-state index contributed by atoms with van der Waals surface area (Å²) in [6.07, 6.45) is 3.57. The van der Waals surface area contributed by atoms with E-state index in [-0.39, 0.29) is 24.3 Å². The fourth-order valence-electron chi connectivity index (χ4n) is 5.54. The summed E-state index contributed by atoms with van der Waals surface area (Å²) in [6.45, 7) is 5.06. The zero-order chi connectivity index (χ0) is 24.8. The van der Waals surface area contributed by atoms with E-state index in [0.29, 0.717) is 18.5 Å². The number of hydrogen-bond donors (Lipinski definition) is 1. The van der Waals surface area contributed by atoms with E-state index in [1.807, 2.05) is 30.5 Å². The molecule has 2 fully saturated rings. The van der Waals surface area contributed by atoms with Gasteiger partial charge in [-0.3, -0.25) is 29.6 Å². The molecule has 0 radical (unpaired) electrons. The quantitative estimate of drug-likeness (QED) is 0.560. The van der Waals surface area contributed by atoms with Crippen LogP contribution in [0.1, 0.15) is 46.3 Å². The third kappa shape index (κ3) is 4.22. The van der Waals surface area contributed by atoms with E-state index in [2.05, 4.69) is 34.3 Å². The van der Waals surface area contributed by atoms with Crippen LogP contribution in [0.3, 0.4) is 0 Å². The Morgan fingerprint density at radius 2 is 2.00 bits per heavy atom. The molecule has 0 bridgehead atoms. The van der Waals surface area contributed by atoms with Gasteiger partial charge in [0.1, 0.15) is 17.9 Å². The highest BCUT2D eigenvalue weighted by atomic mass is 16.5. The Morgan fingerprint density at radius 3 is 2.86 bits per heavy atom. The van der Waals surface area contributed by atoms with Crippen LogP contribution in [0.15, 0.2) is 48.7 Å². The van der Waals surface area contributed by atoms with E-state index < -0.39 is 11.9 Å². The lowest BCUT2D eigenvalue weighted by Gasteiger charge is -2.29. The average Bonchev–Trinajstić information content (AvgIpc) is 3.43. The fourth-order valence-corrected chi connectivity index (χ4v) is 5.54. The maximum Gasteiger partial charge on any atom is 0.255 e. The summed E-state index contributed by atoms with van der Waals surface area (Å²) in [5.74, 6) is -0.112. The lowest BCUT2D eigenvalue weighted by Crippen LogP contribution is -2.52. The lowest BCUT2D eigenvalue weighted by molar-refractivity contribution is -0.136. The molecule has 0 saturated carbocycles. The molecule has 2 aromatic carbocycles. The Labute approximate surface area is 209 Å². The minimum absolute atomic E-state index is 0.0709. The van der Waals surface area contributed by atoms with Gasteiger partial charge in [-0.2, -0.15) is 0 Å². The molecule has 3 aromatic rings. The van der Waals surface area contributed by atoms with Crippen LogP contribution in [-0.4, -0.2) is 57.7 Å². The van der Waals surface area contributed by atoms with Gasteiger partial charge in [0.05, 0.1) is 5.52 Å². The van der Waals surface area contributed by atoms with Crippen molar-refractivity contribution >= 4 is 28.6 Å². The zero-order valence-electron chi connectivity index (χ0n) is 20.2. The van der Waals surface area contributed by atoms with Crippen molar-refractivity contribution in [3.05, 3.63) is 70.9 Å². The van der Waals surface area contributed by atoms with Crippen LogP contribution in [0.25, 0.3) is 10.9 Å². The molecule has 4 heterocycles. The van der Waals surface area contributed by atoms with Crippen LogP contribution in [-0.2, 0) is 22.7 Å². The number of pyridine rings is 1. The first kappa shape index (κ1) is 22.7. The zero-order valence-corrected chi connectivity index (χ0v) is 20.2. The van der Waals surface area contributed by atoms with Crippen molar-refractivity contribution < 1.29 is 19.1 Å². The van der Waals surface area contributed by atoms with Gasteiger partial charge in [0.15, 0.2) is 0 Å². The highest BCUT2D eigenvalue weighted by Crippen LogP contribution is 2.31. The SMILES string of the molecule is Cc1cccc2ncc(CN3CC[C@H](Oc4ccc5c(c4)CN(C4CCC(=O)NC4=O)C5=O)C3)cc12. The summed E-state index contributed by atoms with van der Waals surface area (Å²) in [7, 11) is 0. The summed E-state index contributed by atoms with van der Waals surface area (Å²) in [6, 6.07) is 13.4. The normalized spacial score (nSPS) is 22.2. The highest BCUT2D eigenvalue weighted by molar-refractivity contribution is 6.05. The predicted octanol–water partition coefficient (Wildman–Crippen LogP) is 2.96. The molecule has 8 heteroatoms. The Kier molecular flexibility index (Phi) is 5.68. The second kappa shape index (κ2) is 9.02. The van der Waals surface area contributed by atoms with E-state index in [9.17, 15) is 14.4 Å². The number of imide groups is 1. The molecule has 2 atom stereocenters. The maximum atomic E-state index is 12.9. The van der Waals surface area contributed by atoms with E-state index in [0.717, 1.165) is 42.9 Å². The van der Waals surface area contributed by atoms with Crippen molar-refractivity contribution in [2.24, 2.45) is 0 Å². The van der Waals surface area contributed by atoms with Crippen LogP contribution in [0, 0.1) is 6.92 Å². The van der Waals surface area contributed by atoms with Crippen LogP contribution in [0.2, 0.25) is 0 Å². The van der Waals surface area contributed by atoms with Crippen molar-refractivity contribution in [2.45, 2.75) is 51.4 Å². The molecule has 6 rings (SSSR count). The number of nitrogens with zero attached hydrogens (tertiary/aromatic N) is 3. The Hall–Kier alpha value is -3.78. The number of benzene rings is 2. The van der Waals surface area contributed by atoms with E-state index in [1.165, 1.54) is 16.5 Å².